The molecule has 0 aliphatic heterocycles. The van der Waals surface area contributed by atoms with Crippen molar-refractivity contribution < 1.29 is 13.5 Å². The van der Waals surface area contributed by atoms with Gasteiger partial charge in [-0.2, -0.15) is 0 Å². The van der Waals surface area contributed by atoms with Crippen molar-refractivity contribution in [1.29, 1.82) is 0 Å². The van der Waals surface area contributed by atoms with Crippen molar-refractivity contribution in [1.82, 2.24) is 4.72 Å². The molecule has 5 nitrogen and oxygen atoms in total. The molecule has 0 saturated carbocycles. The topological polar surface area (TPSA) is 92.4 Å². The van der Waals surface area contributed by atoms with E-state index in [0.29, 0.717) is 0 Å². The van der Waals surface area contributed by atoms with Crippen LogP contribution in [-0.4, -0.2) is 38.0 Å². The fraction of sp³-hybridized carbons (Fsp3) is 1.00. The van der Waals surface area contributed by atoms with Crippen molar-refractivity contribution in [3.63, 3.8) is 0 Å². The molecule has 0 aromatic carbocycles. The molecule has 0 bridgehead atoms. The van der Waals surface area contributed by atoms with E-state index in [-0.39, 0.29) is 18.2 Å². The van der Waals surface area contributed by atoms with Crippen LogP contribution in [0.4, 0.5) is 0 Å². The smallest absolute Gasteiger partial charge is 0.211 e. The van der Waals surface area contributed by atoms with Crippen LogP contribution in [0.3, 0.4) is 0 Å². The molecule has 6 heteroatoms. The predicted molar refractivity (Wildman–Crippen MR) is 56.3 cm³/mol. The van der Waals surface area contributed by atoms with Gasteiger partial charge in [-0.25, -0.2) is 13.1 Å². The molecule has 86 valence electrons. The van der Waals surface area contributed by atoms with Gasteiger partial charge in [-0.3, -0.25) is 0 Å². The largest absolute Gasteiger partial charge is 0.392 e. The zero-order valence-electron chi connectivity index (χ0n) is 8.90. The van der Waals surface area contributed by atoms with E-state index in [1.165, 1.54) is 6.92 Å². The molecule has 2 unspecified atom stereocenters. The maximum absolute atomic E-state index is 11.3. The van der Waals surface area contributed by atoms with Crippen LogP contribution in [-0.2, 0) is 10.0 Å². The molecular formula is C8H20N2O3S. The molecular weight excluding hydrogens is 204 g/mol. The van der Waals surface area contributed by atoms with Crippen molar-refractivity contribution in [2.75, 3.05) is 12.3 Å². The molecule has 0 saturated heterocycles. The third-order valence-corrected chi connectivity index (χ3v) is 3.42. The van der Waals surface area contributed by atoms with E-state index in [4.69, 9.17) is 10.8 Å². The van der Waals surface area contributed by atoms with Crippen molar-refractivity contribution in [3.8, 4) is 0 Å². The lowest BCUT2D eigenvalue weighted by Gasteiger charge is -2.16. The highest BCUT2D eigenvalue weighted by Crippen LogP contribution is 1.97. The number of rotatable bonds is 6. The molecule has 0 fully saturated rings. The highest BCUT2D eigenvalue weighted by molar-refractivity contribution is 7.89. The summed E-state index contributed by atoms with van der Waals surface area (Å²) in [5.41, 5.74) is 5.48. The minimum atomic E-state index is -3.25. The van der Waals surface area contributed by atoms with E-state index in [0.717, 1.165) is 0 Å². The van der Waals surface area contributed by atoms with Crippen LogP contribution in [0.2, 0.25) is 0 Å². The van der Waals surface area contributed by atoms with Crippen LogP contribution in [0.5, 0.6) is 0 Å². The van der Waals surface area contributed by atoms with Crippen molar-refractivity contribution in [2.24, 2.45) is 11.7 Å². The molecule has 0 amide bonds. The third-order valence-electron chi connectivity index (χ3n) is 1.71. The fourth-order valence-corrected chi connectivity index (χ4v) is 2.33. The molecule has 0 aromatic rings. The lowest BCUT2D eigenvalue weighted by molar-refractivity contribution is 0.164. The number of hydrogen-bond acceptors (Lipinski definition) is 4. The van der Waals surface area contributed by atoms with Gasteiger partial charge in [0.2, 0.25) is 10.0 Å². The van der Waals surface area contributed by atoms with Gasteiger partial charge >= 0.3 is 0 Å². The quantitative estimate of drug-likeness (QED) is 0.554. The van der Waals surface area contributed by atoms with Gasteiger partial charge in [0.15, 0.2) is 0 Å². The zero-order chi connectivity index (χ0) is 11.4. The molecule has 0 aliphatic rings. The van der Waals surface area contributed by atoms with Crippen LogP contribution in [0.25, 0.3) is 0 Å². The van der Waals surface area contributed by atoms with Gasteiger partial charge < -0.3 is 10.8 Å². The van der Waals surface area contributed by atoms with E-state index < -0.39 is 22.2 Å². The fourth-order valence-electron chi connectivity index (χ4n) is 0.892. The van der Waals surface area contributed by atoms with Gasteiger partial charge in [0.25, 0.3) is 0 Å². The second-order valence-corrected chi connectivity index (χ2v) is 5.78. The monoisotopic (exact) mass is 224 g/mol. The molecule has 0 aliphatic carbocycles. The molecule has 0 aromatic heterocycles. The maximum Gasteiger partial charge on any atom is 0.211 e. The van der Waals surface area contributed by atoms with Crippen molar-refractivity contribution in [3.05, 3.63) is 0 Å². The minimum absolute atomic E-state index is 0.0761. The normalized spacial score (nSPS) is 17.0. The van der Waals surface area contributed by atoms with Crippen LogP contribution in [0.15, 0.2) is 0 Å². The Labute approximate surface area is 85.7 Å². The lowest BCUT2D eigenvalue weighted by Crippen LogP contribution is -2.44. The Bertz CT molecular complexity index is 249. The first-order chi connectivity index (χ1) is 6.24. The first-order valence-electron chi connectivity index (χ1n) is 4.65. The Morgan fingerprint density at radius 3 is 2.21 bits per heavy atom. The number of hydrogen-bond donors (Lipinski definition) is 3. The van der Waals surface area contributed by atoms with Crippen LogP contribution in [0, 0.1) is 5.92 Å². The number of aliphatic hydroxyl groups excluding tert-OH is 1. The van der Waals surface area contributed by atoms with Crippen molar-refractivity contribution >= 4 is 10.0 Å². The van der Waals surface area contributed by atoms with Gasteiger partial charge in [-0.15, -0.1) is 0 Å². The number of nitrogens with one attached hydrogen (secondary N) is 1. The van der Waals surface area contributed by atoms with E-state index in [2.05, 4.69) is 4.72 Å². The Kier molecular flexibility index (Phi) is 5.58. The molecule has 14 heavy (non-hydrogen) atoms. The second kappa shape index (κ2) is 5.65. The Hall–Kier alpha value is -0.170. The van der Waals surface area contributed by atoms with Gasteiger partial charge in [0.1, 0.15) is 0 Å². The number of sulfonamides is 1. The average Bonchev–Trinajstić information content (AvgIpc) is 1.97. The first-order valence-corrected chi connectivity index (χ1v) is 6.31. The summed E-state index contributed by atoms with van der Waals surface area (Å²) >= 11 is 0. The summed E-state index contributed by atoms with van der Waals surface area (Å²) < 4.78 is 25.0. The van der Waals surface area contributed by atoms with Gasteiger partial charge in [0, 0.05) is 12.6 Å². The van der Waals surface area contributed by atoms with E-state index in [9.17, 15) is 8.42 Å². The van der Waals surface area contributed by atoms with Gasteiger partial charge in [0.05, 0.1) is 11.9 Å². The third kappa shape index (κ3) is 6.31. The summed E-state index contributed by atoms with van der Waals surface area (Å²) in [5.74, 6) is 0.162. The average molecular weight is 224 g/mol. The summed E-state index contributed by atoms with van der Waals surface area (Å²) in [4.78, 5) is 0. The molecule has 4 N–H and O–H groups in total. The summed E-state index contributed by atoms with van der Waals surface area (Å²) in [6.45, 7) is 5.26. The molecule has 0 radical (unpaired) electrons. The van der Waals surface area contributed by atoms with E-state index >= 15 is 0 Å². The highest BCUT2D eigenvalue weighted by atomic mass is 32.2. The number of nitrogens with two attached hydrogens (primary N) is 1. The summed E-state index contributed by atoms with van der Waals surface area (Å²) in [5, 5.41) is 9.04. The summed E-state index contributed by atoms with van der Waals surface area (Å²) in [6, 6.07) is -0.558. The van der Waals surface area contributed by atoms with E-state index in [1.54, 1.807) is 0 Å². The Morgan fingerprint density at radius 2 is 1.86 bits per heavy atom. The first kappa shape index (κ1) is 13.8. The lowest BCUT2D eigenvalue weighted by atomic mass is 10.2. The van der Waals surface area contributed by atoms with Crippen molar-refractivity contribution in [2.45, 2.75) is 32.9 Å². The highest BCUT2D eigenvalue weighted by Gasteiger charge is 2.16. The summed E-state index contributed by atoms with van der Waals surface area (Å²) in [7, 11) is -3.25. The van der Waals surface area contributed by atoms with Crippen LogP contribution >= 0.6 is 0 Å². The number of aliphatic hydroxyl groups is 1. The van der Waals surface area contributed by atoms with Gasteiger partial charge in [-0.1, -0.05) is 13.8 Å². The molecule has 0 heterocycles. The summed E-state index contributed by atoms with van der Waals surface area (Å²) in [6.07, 6.45) is -0.711. The standard InChI is InChI=1S/C8H20N2O3S/c1-6(2)5-14(12,13)10-4-8(9)7(3)11/h6-8,10-11H,4-5,9H2,1-3H3. The minimum Gasteiger partial charge on any atom is -0.392 e. The van der Waals surface area contributed by atoms with E-state index in [1.807, 2.05) is 13.8 Å². The Balaban J connectivity index is 4.00. The Morgan fingerprint density at radius 1 is 1.36 bits per heavy atom. The van der Waals surface area contributed by atoms with Crippen LogP contribution < -0.4 is 10.5 Å². The molecule has 2 atom stereocenters. The second-order valence-electron chi connectivity index (χ2n) is 3.93. The van der Waals surface area contributed by atoms with Crippen LogP contribution in [0.1, 0.15) is 20.8 Å². The zero-order valence-corrected chi connectivity index (χ0v) is 9.71. The molecule has 0 spiro atoms. The predicted octanol–water partition coefficient (Wildman–Crippen LogP) is -0.730. The SMILES string of the molecule is CC(C)CS(=O)(=O)NCC(N)C(C)O. The molecule has 0 rings (SSSR count). The van der Waals surface area contributed by atoms with Gasteiger partial charge in [-0.05, 0) is 12.8 Å². The maximum atomic E-state index is 11.3.